The number of likely N-dealkylation sites (tertiary alicyclic amines) is 1. The Morgan fingerprint density at radius 3 is 2.46 bits per heavy atom. The summed E-state index contributed by atoms with van der Waals surface area (Å²) >= 11 is 1.49. The van der Waals surface area contributed by atoms with Crippen LogP contribution in [0.25, 0.3) is 0 Å². The van der Waals surface area contributed by atoms with Crippen molar-refractivity contribution in [3.63, 3.8) is 0 Å². The van der Waals surface area contributed by atoms with E-state index < -0.39 is 0 Å². The minimum atomic E-state index is -0.288. The van der Waals surface area contributed by atoms with Gasteiger partial charge in [-0.2, -0.15) is 0 Å². The lowest BCUT2D eigenvalue weighted by Crippen LogP contribution is -2.31. The van der Waals surface area contributed by atoms with Gasteiger partial charge in [-0.25, -0.2) is 9.97 Å². The molecule has 1 unspecified atom stereocenters. The molecule has 1 aromatic carbocycles. The number of rotatable bonds is 6. The third-order valence-corrected chi connectivity index (χ3v) is 5.34. The van der Waals surface area contributed by atoms with Crippen LogP contribution in [0.3, 0.4) is 0 Å². The van der Waals surface area contributed by atoms with Gasteiger partial charge in [0.1, 0.15) is 0 Å². The fraction of sp³-hybridized carbons (Fsp3) is 0.429. The lowest BCUT2D eigenvalue weighted by Gasteiger charge is -2.18. The van der Waals surface area contributed by atoms with Gasteiger partial charge in [0.15, 0.2) is 5.16 Å². The summed E-state index contributed by atoms with van der Waals surface area (Å²) in [6.07, 6.45) is 0.288. The van der Waals surface area contributed by atoms with Crippen molar-refractivity contribution in [1.29, 1.82) is 0 Å². The number of amides is 2. The first kappa shape index (κ1) is 20.3. The van der Waals surface area contributed by atoms with Crippen molar-refractivity contribution in [2.45, 2.75) is 44.2 Å². The second kappa shape index (κ2) is 8.73. The van der Waals surface area contributed by atoms with Crippen molar-refractivity contribution >= 4 is 29.3 Å². The molecule has 1 N–H and O–H groups in total. The molecule has 1 atom stereocenters. The topological polar surface area (TPSA) is 75.2 Å². The van der Waals surface area contributed by atoms with Crippen LogP contribution in [0.15, 0.2) is 40.4 Å². The van der Waals surface area contributed by atoms with E-state index in [1.165, 1.54) is 11.8 Å². The molecule has 0 aliphatic carbocycles. The summed E-state index contributed by atoms with van der Waals surface area (Å²) < 4.78 is 0. The Morgan fingerprint density at radius 2 is 1.86 bits per heavy atom. The molecule has 2 heterocycles. The number of benzene rings is 1. The molecule has 28 heavy (non-hydrogen) atoms. The number of hydrogen-bond donors (Lipinski definition) is 1. The highest BCUT2D eigenvalue weighted by atomic mass is 32.2. The minimum Gasteiger partial charge on any atom is -0.342 e. The largest absolute Gasteiger partial charge is 0.342 e. The van der Waals surface area contributed by atoms with Crippen molar-refractivity contribution < 1.29 is 9.59 Å². The number of carbonyl (C=O) groups excluding carboxylic acids is 2. The predicted molar refractivity (Wildman–Crippen MR) is 110 cm³/mol. The third kappa shape index (κ3) is 5.32. The predicted octanol–water partition coefficient (Wildman–Crippen LogP) is 3.69. The van der Waals surface area contributed by atoms with E-state index in [1.807, 2.05) is 44.2 Å². The van der Waals surface area contributed by atoms with Crippen molar-refractivity contribution in [1.82, 2.24) is 14.9 Å². The first-order valence-corrected chi connectivity index (χ1v) is 10.3. The summed E-state index contributed by atoms with van der Waals surface area (Å²) in [6.45, 7) is 9.25. The van der Waals surface area contributed by atoms with Crippen LogP contribution in [-0.2, 0) is 9.59 Å². The molecule has 6 nitrogen and oxygen atoms in total. The molecule has 3 rings (SSSR count). The zero-order chi connectivity index (χ0) is 20.3. The van der Waals surface area contributed by atoms with E-state index in [9.17, 15) is 9.59 Å². The summed E-state index contributed by atoms with van der Waals surface area (Å²) in [5.41, 5.74) is 2.61. The van der Waals surface area contributed by atoms with Crippen molar-refractivity contribution in [3.05, 3.63) is 41.7 Å². The van der Waals surface area contributed by atoms with E-state index in [2.05, 4.69) is 29.1 Å². The van der Waals surface area contributed by atoms with E-state index in [-0.39, 0.29) is 24.2 Å². The van der Waals surface area contributed by atoms with Gasteiger partial charge in [0.25, 0.3) is 0 Å². The Bertz CT molecular complexity index is 847. The maximum absolute atomic E-state index is 12.5. The Labute approximate surface area is 170 Å². The van der Waals surface area contributed by atoms with Crippen LogP contribution in [-0.4, -0.2) is 39.8 Å². The summed E-state index contributed by atoms with van der Waals surface area (Å²) in [6, 6.07) is 9.55. The highest BCUT2D eigenvalue weighted by molar-refractivity contribution is 7.99. The number of aromatic nitrogens is 2. The molecule has 0 radical (unpaired) electrons. The molecule has 0 spiro atoms. The molecule has 7 heteroatoms. The maximum Gasteiger partial charge on any atom is 0.229 e. The zero-order valence-electron chi connectivity index (χ0n) is 16.7. The smallest absolute Gasteiger partial charge is 0.229 e. The van der Waals surface area contributed by atoms with Crippen LogP contribution >= 0.6 is 11.8 Å². The summed E-state index contributed by atoms with van der Waals surface area (Å²) in [5, 5.41) is 3.64. The van der Waals surface area contributed by atoms with E-state index in [0.29, 0.717) is 24.2 Å². The van der Waals surface area contributed by atoms with Crippen molar-refractivity contribution in [2.75, 3.05) is 18.4 Å². The maximum atomic E-state index is 12.5. The Morgan fingerprint density at radius 1 is 1.21 bits per heavy atom. The van der Waals surface area contributed by atoms with Gasteiger partial charge in [-0.05, 0) is 61.9 Å². The third-order valence-electron chi connectivity index (χ3n) is 4.46. The number of nitrogens with one attached hydrogen (secondary N) is 1. The van der Waals surface area contributed by atoms with Gasteiger partial charge in [-0.1, -0.05) is 13.8 Å². The SMILES string of the molecule is Cc1cc(C)nc(Sc2ccc(NC(=O)C3CC(=O)N(CC(C)C)C3)cc2)n1. The Balaban J connectivity index is 1.58. The number of carbonyl (C=O) groups is 2. The molecule has 0 bridgehead atoms. The average molecular weight is 399 g/mol. The van der Waals surface area contributed by atoms with Gasteiger partial charge < -0.3 is 10.2 Å². The molecule has 1 aliphatic rings. The van der Waals surface area contributed by atoms with Gasteiger partial charge >= 0.3 is 0 Å². The summed E-state index contributed by atoms with van der Waals surface area (Å²) in [5.74, 6) is 0.0765. The molecule has 2 amide bonds. The molecule has 1 saturated heterocycles. The van der Waals surface area contributed by atoms with Gasteiger partial charge in [-0.3, -0.25) is 9.59 Å². The first-order chi connectivity index (χ1) is 13.3. The molecular formula is C21H26N4O2S. The number of anilines is 1. The Kier molecular flexibility index (Phi) is 6.34. The van der Waals surface area contributed by atoms with E-state index in [1.54, 1.807) is 4.90 Å². The first-order valence-electron chi connectivity index (χ1n) is 9.49. The van der Waals surface area contributed by atoms with E-state index in [4.69, 9.17) is 0 Å². The molecule has 0 saturated carbocycles. The fourth-order valence-electron chi connectivity index (χ4n) is 3.26. The second-order valence-corrected chi connectivity index (χ2v) is 8.68. The number of aryl methyl sites for hydroxylation is 2. The monoisotopic (exact) mass is 398 g/mol. The normalized spacial score (nSPS) is 16.7. The van der Waals surface area contributed by atoms with Crippen LogP contribution < -0.4 is 5.32 Å². The lowest BCUT2D eigenvalue weighted by atomic mass is 10.1. The highest BCUT2D eigenvalue weighted by Gasteiger charge is 2.34. The lowest BCUT2D eigenvalue weighted by molar-refractivity contribution is -0.128. The number of nitrogens with zero attached hydrogens (tertiary/aromatic N) is 3. The molecule has 1 aromatic heterocycles. The standard InChI is InChI=1S/C21H26N4O2S/c1-13(2)11-25-12-16(10-19(25)26)20(27)24-17-5-7-18(8-6-17)28-21-22-14(3)9-15(4)23-21/h5-9,13,16H,10-12H2,1-4H3,(H,24,27). The highest BCUT2D eigenvalue weighted by Crippen LogP contribution is 2.27. The Hall–Kier alpha value is -2.41. The molecular weight excluding hydrogens is 372 g/mol. The van der Waals surface area contributed by atoms with E-state index in [0.717, 1.165) is 22.0 Å². The van der Waals surface area contributed by atoms with Crippen LogP contribution in [0.4, 0.5) is 5.69 Å². The fourth-order valence-corrected chi connectivity index (χ4v) is 4.12. The molecule has 2 aromatic rings. The van der Waals surface area contributed by atoms with Crippen LogP contribution in [0, 0.1) is 25.7 Å². The minimum absolute atomic E-state index is 0.0639. The molecule has 1 aliphatic heterocycles. The quantitative estimate of drug-likeness (QED) is 0.751. The van der Waals surface area contributed by atoms with Gasteiger partial charge in [0.05, 0.1) is 5.92 Å². The van der Waals surface area contributed by atoms with Crippen LogP contribution in [0.1, 0.15) is 31.7 Å². The van der Waals surface area contributed by atoms with E-state index >= 15 is 0 Å². The van der Waals surface area contributed by atoms with Crippen LogP contribution in [0.2, 0.25) is 0 Å². The van der Waals surface area contributed by atoms with Crippen molar-refractivity contribution in [3.8, 4) is 0 Å². The second-order valence-electron chi connectivity index (χ2n) is 7.64. The zero-order valence-corrected chi connectivity index (χ0v) is 17.5. The summed E-state index contributed by atoms with van der Waals surface area (Å²) in [7, 11) is 0. The van der Waals surface area contributed by atoms with Crippen molar-refractivity contribution in [2.24, 2.45) is 11.8 Å². The van der Waals surface area contributed by atoms with Crippen LogP contribution in [0.5, 0.6) is 0 Å². The summed E-state index contributed by atoms with van der Waals surface area (Å²) in [4.78, 5) is 36.3. The van der Waals surface area contributed by atoms with Gasteiger partial charge in [0, 0.05) is 41.5 Å². The molecule has 1 fully saturated rings. The van der Waals surface area contributed by atoms with Gasteiger partial charge in [-0.15, -0.1) is 0 Å². The number of hydrogen-bond acceptors (Lipinski definition) is 5. The van der Waals surface area contributed by atoms with Gasteiger partial charge in [0.2, 0.25) is 11.8 Å². The average Bonchev–Trinajstić information content (AvgIpc) is 2.96. The molecule has 148 valence electrons.